The number of carboxylic acid groups (broad SMARTS) is 1. The molecule has 1 fully saturated rings. The van der Waals surface area contributed by atoms with Crippen LogP contribution in [0, 0.1) is 0 Å². The Labute approximate surface area is 116 Å². The lowest BCUT2D eigenvalue weighted by molar-refractivity contribution is -0.149. The number of nitrogens with zero attached hydrogens (tertiary/aromatic N) is 2. The van der Waals surface area contributed by atoms with Crippen molar-refractivity contribution in [1.29, 1.82) is 0 Å². The molecule has 108 valence electrons. The van der Waals surface area contributed by atoms with Crippen molar-refractivity contribution < 1.29 is 14.7 Å². The van der Waals surface area contributed by atoms with Crippen LogP contribution in [0.2, 0.25) is 0 Å². The van der Waals surface area contributed by atoms with Crippen molar-refractivity contribution in [2.24, 2.45) is 0 Å². The van der Waals surface area contributed by atoms with E-state index < -0.39 is 18.1 Å². The van der Waals surface area contributed by atoms with Crippen LogP contribution in [-0.4, -0.2) is 39.0 Å². The van der Waals surface area contributed by atoms with Gasteiger partial charge in [-0.2, -0.15) is 0 Å². The molecule has 0 saturated carbocycles. The lowest BCUT2D eigenvalue weighted by Gasteiger charge is -2.27. The van der Waals surface area contributed by atoms with Gasteiger partial charge in [0.1, 0.15) is 12.1 Å². The van der Waals surface area contributed by atoms with Crippen LogP contribution in [0.1, 0.15) is 32.2 Å². The van der Waals surface area contributed by atoms with Crippen LogP contribution in [-0.2, 0) is 9.59 Å². The Morgan fingerprint density at radius 3 is 2.80 bits per heavy atom. The Bertz CT molecular complexity index is 566. The number of aromatic nitrogens is 1. The van der Waals surface area contributed by atoms with Crippen LogP contribution in [0.4, 0.5) is 0 Å². The zero-order chi connectivity index (χ0) is 14.7. The number of likely N-dealkylation sites (tertiary alicyclic amines) is 1. The second-order valence-corrected chi connectivity index (χ2v) is 4.90. The molecule has 1 aliphatic heterocycles. The number of carbonyl (C=O) groups is 2. The number of rotatable bonds is 4. The summed E-state index contributed by atoms with van der Waals surface area (Å²) in [5.74, 6) is -1.27. The summed E-state index contributed by atoms with van der Waals surface area (Å²) in [6.45, 7) is 2.25. The zero-order valence-electron chi connectivity index (χ0n) is 11.4. The van der Waals surface area contributed by atoms with Crippen LogP contribution in [0.3, 0.4) is 0 Å². The van der Waals surface area contributed by atoms with E-state index in [-0.39, 0.29) is 11.5 Å². The van der Waals surface area contributed by atoms with E-state index in [0.717, 1.165) is 0 Å². The van der Waals surface area contributed by atoms with Crippen molar-refractivity contribution >= 4 is 11.9 Å². The van der Waals surface area contributed by atoms with E-state index in [1.807, 2.05) is 6.92 Å². The fourth-order valence-corrected chi connectivity index (χ4v) is 2.67. The summed E-state index contributed by atoms with van der Waals surface area (Å²) < 4.78 is 1.37. The topological polar surface area (TPSA) is 79.6 Å². The van der Waals surface area contributed by atoms with E-state index in [9.17, 15) is 14.4 Å². The van der Waals surface area contributed by atoms with Gasteiger partial charge in [-0.3, -0.25) is 9.59 Å². The van der Waals surface area contributed by atoms with Crippen LogP contribution in [0.25, 0.3) is 0 Å². The van der Waals surface area contributed by atoms with Gasteiger partial charge < -0.3 is 14.6 Å². The van der Waals surface area contributed by atoms with Gasteiger partial charge in [0, 0.05) is 18.8 Å². The van der Waals surface area contributed by atoms with Crippen molar-refractivity contribution in [3.05, 3.63) is 34.7 Å². The van der Waals surface area contributed by atoms with Crippen LogP contribution in [0.15, 0.2) is 29.2 Å². The first-order chi connectivity index (χ1) is 9.56. The normalized spacial score (nSPS) is 19.9. The van der Waals surface area contributed by atoms with Crippen molar-refractivity contribution in [2.45, 2.75) is 38.3 Å². The number of hydrogen-bond acceptors (Lipinski definition) is 3. The number of pyridine rings is 1. The molecule has 2 rings (SSSR count). The first-order valence-electron chi connectivity index (χ1n) is 6.76. The highest BCUT2D eigenvalue weighted by atomic mass is 16.4. The number of carbonyl (C=O) groups excluding carboxylic acids is 1. The second-order valence-electron chi connectivity index (χ2n) is 4.90. The van der Waals surface area contributed by atoms with E-state index in [1.165, 1.54) is 15.5 Å². The first-order valence-corrected chi connectivity index (χ1v) is 6.76. The smallest absolute Gasteiger partial charge is 0.326 e. The fraction of sp³-hybridized carbons (Fsp3) is 0.500. The molecule has 0 bridgehead atoms. The standard InChI is InChI=1S/C14H18N2O4/c1-2-10(15-8-4-3-7-12(15)17)13(18)16-9-5-6-11(16)14(19)20/h3-4,7-8,10-11H,2,5-6,9H2,1H3,(H,19,20). The summed E-state index contributed by atoms with van der Waals surface area (Å²) in [5.41, 5.74) is -0.251. The molecule has 1 aliphatic rings. The maximum atomic E-state index is 12.5. The predicted molar refractivity (Wildman–Crippen MR) is 72.4 cm³/mol. The van der Waals surface area contributed by atoms with Gasteiger partial charge in [0.05, 0.1) is 0 Å². The number of hydrogen-bond donors (Lipinski definition) is 1. The van der Waals surface area contributed by atoms with Gasteiger partial charge >= 0.3 is 5.97 Å². The lowest BCUT2D eigenvalue weighted by atomic mass is 10.1. The summed E-state index contributed by atoms with van der Waals surface area (Å²) in [4.78, 5) is 36.9. The van der Waals surface area contributed by atoms with Crippen molar-refractivity contribution in [2.75, 3.05) is 6.54 Å². The largest absolute Gasteiger partial charge is 0.480 e. The zero-order valence-corrected chi connectivity index (χ0v) is 11.4. The SMILES string of the molecule is CCC(C(=O)N1CCCC1C(=O)O)n1ccccc1=O. The van der Waals surface area contributed by atoms with Crippen LogP contribution >= 0.6 is 0 Å². The quantitative estimate of drug-likeness (QED) is 0.886. The minimum Gasteiger partial charge on any atom is -0.480 e. The van der Waals surface area contributed by atoms with Crippen molar-refractivity contribution in [1.82, 2.24) is 9.47 Å². The minimum atomic E-state index is -0.980. The van der Waals surface area contributed by atoms with Gasteiger partial charge in [-0.1, -0.05) is 13.0 Å². The third-order valence-corrected chi connectivity index (χ3v) is 3.68. The van der Waals surface area contributed by atoms with Gasteiger partial charge in [-0.25, -0.2) is 4.79 Å². The van der Waals surface area contributed by atoms with Crippen LogP contribution < -0.4 is 5.56 Å². The Morgan fingerprint density at radius 1 is 1.45 bits per heavy atom. The highest BCUT2D eigenvalue weighted by Gasteiger charge is 2.37. The first kappa shape index (κ1) is 14.3. The summed E-state index contributed by atoms with van der Waals surface area (Å²) in [5, 5.41) is 9.15. The Morgan fingerprint density at radius 2 is 2.20 bits per heavy atom. The molecule has 1 aromatic heterocycles. The molecule has 0 radical (unpaired) electrons. The summed E-state index contributed by atoms with van der Waals surface area (Å²) in [7, 11) is 0. The molecular formula is C14H18N2O4. The lowest BCUT2D eigenvalue weighted by Crippen LogP contribution is -2.45. The van der Waals surface area contributed by atoms with Gasteiger partial charge in [0.2, 0.25) is 5.91 Å². The van der Waals surface area contributed by atoms with Gasteiger partial charge in [0.15, 0.2) is 0 Å². The second kappa shape index (κ2) is 5.90. The Hall–Kier alpha value is -2.11. The van der Waals surface area contributed by atoms with E-state index in [0.29, 0.717) is 25.8 Å². The average Bonchev–Trinajstić information content (AvgIpc) is 2.91. The average molecular weight is 278 g/mol. The minimum absolute atomic E-state index is 0.251. The van der Waals surface area contributed by atoms with Gasteiger partial charge in [-0.15, -0.1) is 0 Å². The van der Waals surface area contributed by atoms with E-state index in [1.54, 1.807) is 18.3 Å². The molecule has 1 aromatic rings. The molecule has 2 heterocycles. The highest BCUT2D eigenvalue weighted by Crippen LogP contribution is 2.22. The van der Waals surface area contributed by atoms with E-state index >= 15 is 0 Å². The van der Waals surface area contributed by atoms with Crippen molar-refractivity contribution in [3.63, 3.8) is 0 Å². The maximum absolute atomic E-state index is 12.5. The third-order valence-electron chi connectivity index (χ3n) is 3.68. The van der Waals surface area contributed by atoms with Gasteiger partial charge in [0.25, 0.3) is 5.56 Å². The highest BCUT2D eigenvalue weighted by molar-refractivity contribution is 5.86. The fourth-order valence-electron chi connectivity index (χ4n) is 2.67. The molecule has 1 amide bonds. The van der Waals surface area contributed by atoms with Crippen LogP contribution in [0.5, 0.6) is 0 Å². The molecule has 6 nitrogen and oxygen atoms in total. The molecule has 20 heavy (non-hydrogen) atoms. The molecule has 0 aromatic carbocycles. The number of carboxylic acids is 1. The number of aliphatic carboxylic acids is 1. The molecular weight excluding hydrogens is 260 g/mol. The maximum Gasteiger partial charge on any atom is 0.326 e. The Balaban J connectivity index is 2.28. The predicted octanol–water partition coefficient (Wildman–Crippen LogP) is 0.875. The molecule has 0 aliphatic carbocycles. The van der Waals surface area contributed by atoms with Gasteiger partial charge in [-0.05, 0) is 25.3 Å². The molecule has 1 N–H and O–H groups in total. The number of amides is 1. The Kier molecular flexibility index (Phi) is 4.22. The molecule has 2 unspecified atom stereocenters. The summed E-state index contributed by atoms with van der Waals surface area (Å²) in [6, 6.07) is 3.30. The summed E-state index contributed by atoms with van der Waals surface area (Å²) in [6.07, 6.45) is 3.18. The third kappa shape index (κ3) is 2.59. The molecule has 2 atom stereocenters. The van der Waals surface area contributed by atoms with E-state index in [2.05, 4.69) is 0 Å². The molecule has 1 saturated heterocycles. The van der Waals surface area contributed by atoms with Crippen molar-refractivity contribution in [3.8, 4) is 0 Å². The van der Waals surface area contributed by atoms with E-state index in [4.69, 9.17) is 5.11 Å². The summed E-state index contributed by atoms with van der Waals surface area (Å²) >= 11 is 0. The molecule has 0 spiro atoms. The monoisotopic (exact) mass is 278 g/mol. The molecule has 6 heteroatoms.